The van der Waals surface area contributed by atoms with E-state index >= 15 is 0 Å². The molecule has 0 aromatic carbocycles. The lowest BCUT2D eigenvalue weighted by Gasteiger charge is -2.59. The molecule has 16 heavy (non-hydrogen) atoms. The van der Waals surface area contributed by atoms with Crippen molar-refractivity contribution in [1.82, 2.24) is 0 Å². The smallest absolute Gasteiger partial charge is 0.174 e. The van der Waals surface area contributed by atoms with E-state index < -0.39 is 0 Å². The molecular weight excluding hydrogens is 202 g/mol. The first-order chi connectivity index (χ1) is 7.83. The Morgan fingerprint density at radius 2 is 1.50 bits per heavy atom. The second kappa shape index (κ2) is 3.02. The average molecular weight is 221 g/mol. The van der Waals surface area contributed by atoms with Gasteiger partial charge in [-0.2, -0.15) is 0 Å². The van der Waals surface area contributed by atoms with Gasteiger partial charge in [-0.1, -0.05) is 0 Å². The molecule has 3 nitrogen and oxygen atoms in total. The molecule has 4 aliphatic carbocycles. The maximum atomic E-state index is 6.01. The summed E-state index contributed by atoms with van der Waals surface area (Å²) in [4.78, 5) is 0. The zero-order valence-corrected chi connectivity index (χ0v) is 9.52. The summed E-state index contributed by atoms with van der Waals surface area (Å²) >= 11 is 0. The van der Waals surface area contributed by atoms with Gasteiger partial charge in [0, 0.05) is 11.8 Å². The molecule has 5 aliphatic rings. The summed E-state index contributed by atoms with van der Waals surface area (Å²) in [5.74, 6) is 2.52. The lowest BCUT2D eigenvalue weighted by Crippen LogP contribution is -2.59. The zero-order chi connectivity index (χ0) is 10.8. The number of allylic oxidation sites excluding steroid dienone is 1. The molecule has 1 spiro atoms. The third-order valence-corrected chi connectivity index (χ3v) is 5.29. The van der Waals surface area contributed by atoms with Gasteiger partial charge in [-0.3, -0.25) is 0 Å². The Kier molecular flexibility index (Phi) is 1.79. The van der Waals surface area contributed by atoms with Crippen LogP contribution < -0.4 is 5.73 Å². The van der Waals surface area contributed by atoms with Gasteiger partial charge in [0.15, 0.2) is 5.79 Å². The van der Waals surface area contributed by atoms with Gasteiger partial charge in [0.1, 0.15) is 0 Å². The number of hydrogen-bond acceptors (Lipinski definition) is 3. The molecule has 4 bridgehead atoms. The highest BCUT2D eigenvalue weighted by atomic mass is 16.7. The maximum absolute atomic E-state index is 6.01. The summed E-state index contributed by atoms with van der Waals surface area (Å²) < 4.78 is 12.0. The lowest BCUT2D eigenvalue weighted by molar-refractivity contribution is -0.279. The van der Waals surface area contributed by atoms with Crippen LogP contribution in [0.15, 0.2) is 11.8 Å². The van der Waals surface area contributed by atoms with Crippen molar-refractivity contribution < 1.29 is 9.47 Å². The Balaban J connectivity index is 1.72. The predicted molar refractivity (Wildman–Crippen MR) is 59.3 cm³/mol. The molecule has 5 fully saturated rings. The molecule has 1 saturated heterocycles. The van der Waals surface area contributed by atoms with Crippen LogP contribution in [0.3, 0.4) is 0 Å². The molecule has 1 aliphatic heterocycles. The maximum Gasteiger partial charge on any atom is 0.174 e. The summed E-state index contributed by atoms with van der Waals surface area (Å²) in [6.07, 6.45) is 6.81. The van der Waals surface area contributed by atoms with Crippen LogP contribution in [0.2, 0.25) is 0 Å². The normalized spacial score (nSPS) is 47.9. The van der Waals surface area contributed by atoms with Gasteiger partial charge >= 0.3 is 0 Å². The summed E-state index contributed by atoms with van der Waals surface area (Å²) in [6, 6.07) is 0. The lowest BCUT2D eigenvalue weighted by atomic mass is 9.51. The summed E-state index contributed by atoms with van der Waals surface area (Å²) in [5.41, 5.74) is 7.30. The fourth-order valence-corrected chi connectivity index (χ4v) is 4.81. The van der Waals surface area contributed by atoms with Crippen molar-refractivity contribution >= 4 is 0 Å². The van der Waals surface area contributed by atoms with Crippen LogP contribution in [0.25, 0.3) is 0 Å². The van der Waals surface area contributed by atoms with Crippen molar-refractivity contribution in [3.8, 4) is 0 Å². The first kappa shape index (κ1) is 9.49. The first-order valence-corrected chi connectivity index (χ1v) is 6.53. The fraction of sp³-hybridized carbons (Fsp3) is 0.846. The van der Waals surface area contributed by atoms with E-state index in [1.54, 1.807) is 0 Å². The highest BCUT2D eigenvalue weighted by Gasteiger charge is 2.61. The zero-order valence-electron chi connectivity index (χ0n) is 9.52. The number of ether oxygens (including phenoxy) is 2. The van der Waals surface area contributed by atoms with Crippen molar-refractivity contribution in [3.05, 3.63) is 11.8 Å². The number of hydrogen-bond donors (Lipinski definition) is 1. The number of rotatable bonds is 0. The third-order valence-electron chi connectivity index (χ3n) is 5.29. The summed E-state index contributed by atoms with van der Waals surface area (Å²) in [6.45, 7) is 1.59. The van der Waals surface area contributed by atoms with Gasteiger partial charge in [-0.25, -0.2) is 0 Å². The Morgan fingerprint density at radius 1 is 1.00 bits per heavy atom. The largest absolute Gasteiger partial charge is 0.405 e. The van der Waals surface area contributed by atoms with Gasteiger partial charge in [-0.05, 0) is 49.3 Å². The van der Waals surface area contributed by atoms with Crippen molar-refractivity contribution in [1.29, 1.82) is 0 Å². The Morgan fingerprint density at radius 3 is 1.94 bits per heavy atom. The highest BCUT2D eigenvalue weighted by molar-refractivity contribution is 5.22. The van der Waals surface area contributed by atoms with Crippen molar-refractivity contribution in [2.75, 3.05) is 13.2 Å². The van der Waals surface area contributed by atoms with Gasteiger partial charge in [-0.15, -0.1) is 0 Å². The molecule has 4 saturated carbocycles. The van der Waals surface area contributed by atoms with E-state index in [4.69, 9.17) is 15.2 Å². The monoisotopic (exact) mass is 221 g/mol. The van der Waals surface area contributed by atoms with Crippen LogP contribution in [0, 0.1) is 23.7 Å². The van der Waals surface area contributed by atoms with Gasteiger partial charge < -0.3 is 15.2 Å². The first-order valence-electron chi connectivity index (χ1n) is 6.53. The Labute approximate surface area is 96.0 Å². The Bertz CT molecular complexity index is 310. The second-order valence-electron chi connectivity index (χ2n) is 5.82. The van der Waals surface area contributed by atoms with E-state index in [1.807, 2.05) is 6.20 Å². The molecule has 3 heteroatoms. The van der Waals surface area contributed by atoms with E-state index in [0.717, 1.165) is 25.0 Å². The van der Waals surface area contributed by atoms with Gasteiger partial charge in [0.05, 0.1) is 13.2 Å². The van der Waals surface area contributed by atoms with Crippen LogP contribution in [0.1, 0.15) is 25.7 Å². The van der Waals surface area contributed by atoms with E-state index in [0.29, 0.717) is 11.8 Å². The molecule has 5 rings (SSSR count). The fourth-order valence-electron chi connectivity index (χ4n) is 4.81. The standard InChI is InChI=1S/C13H19NO2/c14-7-12-8-3-10-5-9(12)6-11(4-8)13(10)15-1-2-16-13/h7-11H,1-6,14H2. The molecule has 0 atom stereocenters. The molecule has 88 valence electrons. The van der Waals surface area contributed by atoms with Crippen LogP contribution in [-0.4, -0.2) is 19.0 Å². The van der Waals surface area contributed by atoms with Crippen molar-refractivity contribution in [2.45, 2.75) is 31.5 Å². The molecular formula is C13H19NO2. The van der Waals surface area contributed by atoms with Crippen LogP contribution in [0.5, 0.6) is 0 Å². The molecule has 0 radical (unpaired) electrons. The predicted octanol–water partition coefficient (Wildman–Crippen LogP) is 1.64. The number of nitrogens with two attached hydrogens (primary N) is 1. The Hall–Kier alpha value is -0.540. The molecule has 0 amide bonds. The van der Waals surface area contributed by atoms with E-state index in [2.05, 4.69) is 0 Å². The van der Waals surface area contributed by atoms with Gasteiger partial charge in [0.2, 0.25) is 0 Å². The molecule has 0 aromatic heterocycles. The van der Waals surface area contributed by atoms with Crippen molar-refractivity contribution in [3.63, 3.8) is 0 Å². The minimum atomic E-state index is -0.187. The summed E-state index contributed by atoms with van der Waals surface area (Å²) in [5, 5.41) is 0. The van der Waals surface area contributed by atoms with E-state index in [1.165, 1.54) is 31.3 Å². The highest BCUT2D eigenvalue weighted by Crippen LogP contribution is 2.62. The van der Waals surface area contributed by atoms with Crippen molar-refractivity contribution in [2.24, 2.45) is 29.4 Å². The van der Waals surface area contributed by atoms with Crippen LogP contribution >= 0.6 is 0 Å². The van der Waals surface area contributed by atoms with E-state index in [-0.39, 0.29) is 5.79 Å². The summed E-state index contributed by atoms with van der Waals surface area (Å²) in [7, 11) is 0. The molecule has 1 heterocycles. The second-order valence-corrected chi connectivity index (χ2v) is 5.82. The minimum absolute atomic E-state index is 0.187. The topological polar surface area (TPSA) is 44.5 Å². The molecule has 0 unspecified atom stereocenters. The van der Waals surface area contributed by atoms with Crippen LogP contribution in [0.4, 0.5) is 0 Å². The van der Waals surface area contributed by atoms with Crippen LogP contribution in [-0.2, 0) is 9.47 Å². The quantitative estimate of drug-likeness (QED) is 0.676. The molecule has 0 aromatic rings. The van der Waals surface area contributed by atoms with E-state index in [9.17, 15) is 0 Å². The molecule has 2 N–H and O–H groups in total. The minimum Gasteiger partial charge on any atom is -0.405 e. The third kappa shape index (κ3) is 0.968. The SMILES string of the molecule is NC=C1C2CC3CC1CC(C2)C31OCCO1. The van der Waals surface area contributed by atoms with Gasteiger partial charge in [0.25, 0.3) is 0 Å². The average Bonchev–Trinajstić information content (AvgIpc) is 2.74.